The van der Waals surface area contributed by atoms with E-state index in [-0.39, 0.29) is 6.61 Å². The van der Waals surface area contributed by atoms with Gasteiger partial charge in [-0.25, -0.2) is 4.79 Å². The Morgan fingerprint density at radius 2 is 2.18 bits per heavy atom. The van der Waals surface area contributed by atoms with Gasteiger partial charge >= 0.3 is 6.09 Å². The Morgan fingerprint density at radius 1 is 1.47 bits per heavy atom. The molecule has 0 heterocycles. The van der Waals surface area contributed by atoms with Gasteiger partial charge in [-0.15, -0.1) is 0 Å². The van der Waals surface area contributed by atoms with E-state index in [1.165, 1.54) is 7.05 Å². The molecule has 0 bridgehead atoms. The average Bonchev–Trinajstić information content (AvgIpc) is 2.33. The smallest absolute Gasteiger partial charge is 0.407 e. The first-order valence-corrected chi connectivity index (χ1v) is 5.30. The van der Waals surface area contributed by atoms with Crippen molar-refractivity contribution < 1.29 is 14.6 Å². The van der Waals surface area contributed by atoms with Gasteiger partial charge < -0.3 is 15.2 Å². The molecule has 17 heavy (non-hydrogen) atoms. The Kier molecular flexibility index (Phi) is 8.42. The van der Waals surface area contributed by atoms with Crippen molar-refractivity contribution in [3.63, 3.8) is 0 Å². The maximum Gasteiger partial charge on any atom is 0.407 e. The molecule has 94 valence electrons. The zero-order chi connectivity index (χ0) is 13.1. The van der Waals surface area contributed by atoms with Gasteiger partial charge in [0, 0.05) is 20.1 Å². The van der Waals surface area contributed by atoms with Gasteiger partial charge in [-0.1, -0.05) is 43.5 Å². The molecule has 0 aromatic carbocycles. The predicted octanol–water partition coefficient (Wildman–Crippen LogP) is 1.95. The van der Waals surface area contributed by atoms with E-state index in [4.69, 9.17) is 9.84 Å². The zero-order valence-electron chi connectivity index (χ0n) is 10.1. The number of aliphatic hydroxyl groups is 1. The Morgan fingerprint density at radius 3 is 2.65 bits per heavy atom. The number of carbonyl (C=O) groups is 1. The number of ether oxygens (including phenoxy) is 1. The van der Waals surface area contributed by atoms with Crippen LogP contribution in [0.5, 0.6) is 0 Å². The molecule has 1 amide bonds. The summed E-state index contributed by atoms with van der Waals surface area (Å²) in [5, 5.41) is 11.3. The third-order valence-corrected chi connectivity index (χ3v) is 1.95. The number of hydrogen-bond donors (Lipinski definition) is 2. The molecule has 4 heteroatoms. The first-order valence-electron chi connectivity index (χ1n) is 5.30. The highest BCUT2D eigenvalue weighted by Crippen LogP contribution is 2.13. The number of nitrogens with one attached hydrogen (secondary N) is 1. The van der Waals surface area contributed by atoms with Crippen LogP contribution >= 0.6 is 0 Å². The van der Waals surface area contributed by atoms with Gasteiger partial charge in [0.25, 0.3) is 0 Å². The summed E-state index contributed by atoms with van der Waals surface area (Å²) in [4.78, 5) is 11.2. The van der Waals surface area contributed by atoms with E-state index in [0.717, 1.165) is 5.57 Å². The number of allylic oxidation sites excluding steroid dienone is 4. The second kappa shape index (κ2) is 9.42. The Bertz CT molecular complexity index is 319. The molecule has 2 N–H and O–H groups in total. The number of alkyl carbamates (subject to hydrolysis) is 1. The minimum Gasteiger partial charge on any atom is -0.441 e. The summed E-state index contributed by atoms with van der Waals surface area (Å²) in [7, 11) is 1.48. The van der Waals surface area contributed by atoms with Crippen molar-refractivity contribution in [2.45, 2.75) is 12.5 Å². The highest BCUT2D eigenvalue weighted by atomic mass is 16.6. The van der Waals surface area contributed by atoms with Crippen molar-refractivity contribution in [1.82, 2.24) is 5.32 Å². The van der Waals surface area contributed by atoms with Crippen molar-refractivity contribution in [2.24, 2.45) is 0 Å². The quantitative estimate of drug-likeness (QED) is 0.665. The molecule has 0 fully saturated rings. The minimum atomic E-state index is -0.537. The van der Waals surface area contributed by atoms with Crippen LogP contribution in [0, 0.1) is 0 Å². The molecule has 1 unspecified atom stereocenters. The third-order valence-electron chi connectivity index (χ3n) is 1.95. The fourth-order valence-corrected chi connectivity index (χ4v) is 1.18. The van der Waals surface area contributed by atoms with Gasteiger partial charge in [0.05, 0.1) is 0 Å². The first kappa shape index (κ1) is 15.2. The van der Waals surface area contributed by atoms with Gasteiger partial charge in [0.2, 0.25) is 0 Å². The standard InChI is InChI=1S/C13H19NO3/c1-4-6-8-11(7-5-2)12(9-10-15)17-13(16)14-3/h4-8,12,15H,1-2,9-10H2,3H3,(H,14,16)/b8-6-,11-7+. The molecule has 0 rings (SSSR count). The lowest BCUT2D eigenvalue weighted by Crippen LogP contribution is -2.27. The number of rotatable bonds is 7. The maximum absolute atomic E-state index is 11.2. The summed E-state index contributed by atoms with van der Waals surface area (Å²) < 4.78 is 5.14. The second-order valence-corrected chi connectivity index (χ2v) is 3.15. The number of aliphatic hydroxyl groups excluding tert-OH is 1. The monoisotopic (exact) mass is 237 g/mol. The van der Waals surface area contributed by atoms with Crippen molar-refractivity contribution in [2.75, 3.05) is 13.7 Å². The van der Waals surface area contributed by atoms with Crippen LogP contribution in [0.4, 0.5) is 4.79 Å². The van der Waals surface area contributed by atoms with Crippen LogP contribution in [-0.2, 0) is 4.74 Å². The Labute approximate surface area is 102 Å². The van der Waals surface area contributed by atoms with E-state index in [2.05, 4.69) is 18.5 Å². The molecule has 1 atom stereocenters. The summed E-state index contributed by atoms with van der Waals surface area (Å²) in [6, 6.07) is 0. The molecule has 0 spiro atoms. The lowest BCUT2D eigenvalue weighted by Gasteiger charge is -2.17. The van der Waals surface area contributed by atoms with Crippen molar-refractivity contribution in [3.05, 3.63) is 49.1 Å². The number of hydrogen-bond acceptors (Lipinski definition) is 3. The number of amides is 1. The highest BCUT2D eigenvalue weighted by Gasteiger charge is 2.15. The van der Waals surface area contributed by atoms with E-state index in [9.17, 15) is 4.79 Å². The summed E-state index contributed by atoms with van der Waals surface area (Å²) in [5.41, 5.74) is 0.748. The molecule has 0 aromatic heterocycles. The molecule has 0 aliphatic rings. The Balaban J connectivity index is 4.87. The summed E-state index contributed by atoms with van der Waals surface area (Å²) in [5.74, 6) is 0. The summed E-state index contributed by atoms with van der Waals surface area (Å²) in [6.45, 7) is 7.09. The molecule has 0 aliphatic carbocycles. The zero-order valence-corrected chi connectivity index (χ0v) is 10.1. The van der Waals surface area contributed by atoms with Crippen molar-refractivity contribution in [1.29, 1.82) is 0 Å². The number of carbonyl (C=O) groups excluding carboxylic acids is 1. The lowest BCUT2D eigenvalue weighted by molar-refractivity contribution is 0.102. The van der Waals surface area contributed by atoms with E-state index in [0.29, 0.717) is 6.42 Å². The largest absolute Gasteiger partial charge is 0.441 e. The molecule has 0 radical (unpaired) electrons. The molecular weight excluding hydrogens is 218 g/mol. The van der Waals surface area contributed by atoms with E-state index < -0.39 is 12.2 Å². The van der Waals surface area contributed by atoms with Gasteiger partial charge in [-0.2, -0.15) is 0 Å². The highest BCUT2D eigenvalue weighted by molar-refractivity contribution is 5.67. The van der Waals surface area contributed by atoms with Crippen LogP contribution in [-0.4, -0.2) is 31.0 Å². The maximum atomic E-state index is 11.2. The van der Waals surface area contributed by atoms with Crippen LogP contribution in [0.15, 0.2) is 49.1 Å². The van der Waals surface area contributed by atoms with Crippen LogP contribution in [0.2, 0.25) is 0 Å². The fraction of sp³-hybridized carbons (Fsp3) is 0.308. The van der Waals surface area contributed by atoms with Crippen molar-refractivity contribution in [3.8, 4) is 0 Å². The molecule has 0 aliphatic heterocycles. The van der Waals surface area contributed by atoms with Gasteiger partial charge in [-0.05, 0) is 5.57 Å². The van der Waals surface area contributed by atoms with E-state index in [1.54, 1.807) is 30.4 Å². The third kappa shape index (κ3) is 6.37. The summed E-state index contributed by atoms with van der Waals surface area (Å²) in [6.07, 6.45) is 7.72. The van der Waals surface area contributed by atoms with Crippen LogP contribution in [0.1, 0.15) is 6.42 Å². The average molecular weight is 237 g/mol. The van der Waals surface area contributed by atoms with E-state index in [1.807, 2.05) is 0 Å². The van der Waals surface area contributed by atoms with Gasteiger partial charge in [0.1, 0.15) is 6.10 Å². The molecule has 0 saturated heterocycles. The van der Waals surface area contributed by atoms with Crippen LogP contribution < -0.4 is 5.32 Å². The summed E-state index contributed by atoms with van der Waals surface area (Å²) >= 11 is 0. The van der Waals surface area contributed by atoms with Gasteiger partial charge in [0.15, 0.2) is 0 Å². The van der Waals surface area contributed by atoms with E-state index >= 15 is 0 Å². The first-order chi connectivity index (χ1) is 8.19. The van der Waals surface area contributed by atoms with Crippen LogP contribution in [0.3, 0.4) is 0 Å². The molecule has 0 saturated carbocycles. The molecular formula is C13H19NO3. The lowest BCUT2D eigenvalue weighted by atomic mass is 10.1. The Hall–Kier alpha value is -1.81. The van der Waals surface area contributed by atoms with Gasteiger partial charge in [-0.3, -0.25) is 0 Å². The van der Waals surface area contributed by atoms with Crippen molar-refractivity contribution >= 4 is 6.09 Å². The van der Waals surface area contributed by atoms with Crippen LogP contribution in [0.25, 0.3) is 0 Å². The SMILES string of the molecule is C=C/C=C\C(=C/C=C)C(CCO)OC(=O)NC. The fourth-order valence-electron chi connectivity index (χ4n) is 1.18. The minimum absolute atomic E-state index is 0.0714. The molecule has 4 nitrogen and oxygen atoms in total. The molecule has 0 aromatic rings. The topological polar surface area (TPSA) is 58.6 Å². The normalized spacial score (nSPS) is 13.2. The second-order valence-electron chi connectivity index (χ2n) is 3.15. The predicted molar refractivity (Wildman–Crippen MR) is 68.6 cm³/mol.